The molecule has 0 spiro atoms. The fourth-order valence-corrected chi connectivity index (χ4v) is 1.14. The molecule has 0 aliphatic carbocycles. The Morgan fingerprint density at radius 3 is 2.65 bits per heavy atom. The minimum Gasteiger partial charge on any atom is -0.484 e. The smallest absolute Gasteiger partial charge is 0.258 e. The Kier molecular flexibility index (Phi) is 5.45. The molecule has 0 aromatic heterocycles. The van der Waals surface area contributed by atoms with Crippen LogP contribution in [0.1, 0.15) is 12.5 Å². The molecule has 1 atom stereocenters. The summed E-state index contributed by atoms with van der Waals surface area (Å²) in [5, 5.41) is 2.65. The van der Waals surface area contributed by atoms with Crippen LogP contribution in [-0.4, -0.2) is 25.2 Å². The van der Waals surface area contributed by atoms with Gasteiger partial charge in [0.15, 0.2) is 6.61 Å². The SMILES string of the molecule is Cc1ccc(OCC(=O)NCC(C)ON)cc1. The first-order valence-electron chi connectivity index (χ1n) is 5.43. The summed E-state index contributed by atoms with van der Waals surface area (Å²) < 4.78 is 5.30. The molecule has 0 bridgehead atoms. The van der Waals surface area contributed by atoms with Gasteiger partial charge >= 0.3 is 0 Å². The van der Waals surface area contributed by atoms with E-state index in [1.54, 1.807) is 6.92 Å². The van der Waals surface area contributed by atoms with E-state index in [1.165, 1.54) is 0 Å². The fraction of sp³-hybridized carbons (Fsp3) is 0.417. The van der Waals surface area contributed by atoms with Crippen LogP contribution in [0.2, 0.25) is 0 Å². The van der Waals surface area contributed by atoms with Crippen LogP contribution in [0.3, 0.4) is 0 Å². The zero-order valence-corrected chi connectivity index (χ0v) is 10.1. The lowest BCUT2D eigenvalue weighted by atomic mass is 10.2. The van der Waals surface area contributed by atoms with E-state index in [1.807, 2.05) is 31.2 Å². The first kappa shape index (κ1) is 13.5. The number of nitrogens with two attached hydrogens (primary N) is 1. The van der Waals surface area contributed by atoms with E-state index in [4.69, 9.17) is 10.6 Å². The zero-order valence-electron chi connectivity index (χ0n) is 10.1. The molecular weight excluding hydrogens is 220 g/mol. The van der Waals surface area contributed by atoms with E-state index in [2.05, 4.69) is 10.2 Å². The highest BCUT2D eigenvalue weighted by Crippen LogP contribution is 2.10. The monoisotopic (exact) mass is 238 g/mol. The third-order valence-electron chi connectivity index (χ3n) is 2.21. The Morgan fingerprint density at radius 1 is 1.41 bits per heavy atom. The van der Waals surface area contributed by atoms with Crippen LogP contribution in [0, 0.1) is 6.92 Å². The summed E-state index contributed by atoms with van der Waals surface area (Å²) in [6.45, 7) is 4.11. The second kappa shape index (κ2) is 6.88. The van der Waals surface area contributed by atoms with Crippen molar-refractivity contribution in [3.8, 4) is 5.75 Å². The number of ether oxygens (including phenoxy) is 1. The molecule has 1 aromatic rings. The van der Waals surface area contributed by atoms with E-state index >= 15 is 0 Å². The molecule has 0 aliphatic rings. The summed E-state index contributed by atoms with van der Waals surface area (Å²) in [7, 11) is 0. The molecule has 0 saturated carbocycles. The number of carbonyl (C=O) groups is 1. The lowest BCUT2D eigenvalue weighted by Crippen LogP contribution is -2.36. The molecule has 1 amide bonds. The summed E-state index contributed by atoms with van der Waals surface area (Å²) in [5.41, 5.74) is 1.15. The van der Waals surface area contributed by atoms with Gasteiger partial charge in [0.25, 0.3) is 5.91 Å². The summed E-state index contributed by atoms with van der Waals surface area (Å²) in [4.78, 5) is 15.9. The maximum Gasteiger partial charge on any atom is 0.258 e. The highest BCUT2D eigenvalue weighted by atomic mass is 16.6. The predicted octanol–water partition coefficient (Wildman–Crippen LogP) is 0.769. The number of amides is 1. The van der Waals surface area contributed by atoms with Gasteiger partial charge in [-0.1, -0.05) is 17.7 Å². The van der Waals surface area contributed by atoms with E-state index in [0.717, 1.165) is 5.56 Å². The fourth-order valence-electron chi connectivity index (χ4n) is 1.14. The molecule has 3 N–H and O–H groups in total. The Labute approximate surface area is 101 Å². The number of hydrogen-bond donors (Lipinski definition) is 2. The topological polar surface area (TPSA) is 73.6 Å². The van der Waals surface area contributed by atoms with Crippen molar-refractivity contribution in [2.45, 2.75) is 20.0 Å². The zero-order chi connectivity index (χ0) is 12.7. The van der Waals surface area contributed by atoms with Gasteiger partial charge in [-0.25, -0.2) is 5.90 Å². The predicted molar refractivity (Wildman–Crippen MR) is 64.4 cm³/mol. The summed E-state index contributed by atoms with van der Waals surface area (Å²) in [6, 6.07) is 7.51. The minimum absolute atomic E-state index is 0.0135. The molecule has 0 radical (unpaired) electrons. The number of aryl methyl sites for hydroxylation is 1. The van der Waals surface area contributed by atoms with Crippen molar-refractivity contribution in [1.82, 2.24) is 5.32 Å². The van der Waals surface area contributed by atoms with Crippen LogP contribution >= 0.6 is 0 Å². The van der Waals surface area contributed by atoms with Crippen molar-refractivity contribution in [2.75, 3.05) is 13.2 Å². The average molecular weight is 238 g/mol. The van der Waals surface area contributed by atoms with Crippen LogP contribution in [0.15, 0.2) is 24.3 Å². The standard InChI is InChI=1S/C12H18N2O3/c1-9-3-5-11(6-4-9)16-8-12(15)14-7-10(2)17-13/h3-6,10H,7-8,13H2,1-2H3,(H,14,15). The first-order valence-corrected chi connectivity index (χ1v) is 5.43. The Bertz CT molecular complexity index is 351. The molecule has 1 rings (SSSR count). The van der Waals surface area contributed by atoms with Crippen molar-refractivity contribution in [2.24, 2.45) is 5.90 Å². The molecule has 0 heterocycles. The second-order valence-corrected chi connectivity index (χ2v) is 3.85. The number of carbonyl (C=O) groups excluding carboxylic acids is 1. The number of rotatable bonds is 6. The highest BCUT2D eigenvalue weighted by molar-refractivity contribution is 5.77. The average Bonchev–Trinajstić information content (AvgIpc) is 2.35. The third kappa shape index (κ3) is 5.33. The summed E-state index contributed by atoms with van der Waals surface area (Å²) >= 11 is 0. The van der Waals surface area contributed by atoms with Crippen LogP contribution < -0.4 is 16.0 Å². The molecule has 94 valence electrons. The van der Waals surface area contributed by atoms with Gasteiger partial charge in [-0.05, 0) is 26.0 Å². The molecule has 0 saturated heterocycles. The van der Waals surface area contributed by atoms with Gasteiger partial charge < -0.3 is 10.1 Å². The first-order chi connectivity index (χ1) is 8.11. The van der Waals surface area contributed by atoms with Gasteiger partial charge in [-0.15, -0.1) is 0 Å². The highest BCUT2D eigenvalue weighted by Gasteiger charge is 2.05. The van der Waals surface area contributed by atoms with Crippen LogP contribution in [0.4, 0.5) is 0 Å². The second-order valence-electron chi connectivity index (χ2n) is 3.85. The van der Waals surface area contributed by atoms with E-state index in [0.29, 0.717) is 12.3 Å². The Morgan fingerprint density at radius 2 is 2.06 bits per heavy atom. The Balaban J connectivity index is 2.26. The van der Waals surface area contributed by atoms with Gasteiger partial charge in [0.2, 0.25) is 0 Å². The van der Waals surface area contributed by atoms with Gasteiger partial charge in [-0.3, -0.25) is 9.63 Å². The molecule has 1 unspecified atom stereocenters. The summed E-state index contributed by atoms with van der Waals surface area (Å²) in [5.74, 6) is 5.43. The quantitative estimate of drug-likeness (QED) is 0.718. The third-order valence-corrected chi connectivity index (χ3v) is 2.21. The number of benzene rings is 1. The maximum absolute atomic E-state index is 11.4. The maximum atomic E-state index is 11.4. The van der Waals surface area contributed by atoms with Crippen LogP contribution in [0.25, 0.3) is 0 Å². The molecule has 0 fully saturated rings. The van der Waals surface area contributed by atoms with Crippen molar-refractivity contribution >= 4 is 5.91 Å². The lowest BCUT2D eigenvalue weighted by Gasteiger charge is -2.10. The molecule has 5 heteroatoms. The normalized spacial score (nSPS) is 11.9. The van der Waals surface area contributed by atoms with E-state index < -0.39 is 0 Å². The molecule has 1 aromatic carbocycles. The number of hydrogen-bond acceptors (Lipinski definition) is 4. The van der Waals surface area contributed by atoms with Crippen LogP contribution in [-0.2, 0) is 9.63 Å². The van der Waals surface area contributed by atoms with Crippen LogP contribution in [0.5, 0.6) is 5.75 Å². The summed E-state index contributed by atoms with van der Waals surface area (Å²) in [6.07, 6.45) is -0.210. The van der Waals surface area contributed by atoms with Crippen molar-refractivity contribution in [3.63, 3.8) is 0 Å². The Hall–Kier alpha value is -1.59. The molecule has 0 aliphatic heterocycles. The van der Waals surface area contributed by atoms with Gasteiger partial charge in [0.1, 0.15) is 5.75 Å². The minimum atomic E-state index is -0.210. The van der Waals surface area contributed by atoms with Gasteiger partial charge in [0.05, 0.1) is 6.10 Å². The van der Waals surface area contributed by atoms with E-state index in [-0.39, 0.29) is 18.6 Å². The molecule has 5 nitrogen and oxygen atoms in total. The largest absolute Gasteiger partial charge is 0.484 e. The van der Waals surface area contributed by atoms with Crippen molar-refractivity contribution < 1.29 is 14.4 Å². The van der Waals surface area contributed by atoms with Gasteiger partial charge in [0, 0.05) is 6.54 Å². The molecular formula is C12H18N2O3. The molecule has 17 heavy (non-hydrogen) atoms. The van der Waals surface area contributed by atoms with Gasteiger partial charge in [-0.2, -0.15) is 0 Å². The van der Waals surface area contributed by atoms with Crippen molar-refractivity contribution in [3.05, 3.63) is 29.8 Å². The van der Waals surface area contributed by atoms with E-state index in [9.17, 15) is 4.79 Å². The lowest BCUT2D eigenvalue weighted by molar-refractivity contribution is -0.123. The van der Waals surface area contributed by atoms with Crippen molar-refractivity contribution in [1.29, 1.82) is 0 Å². The number of nitrogens with one attached hydrogen (secondary N) is 1.